The molecule has 1 aromatic rings. The van der Waals surface area contributed by atoms with E-state index in [1.807, 2.05) is 30.3 Å². The molecule has 1 heterocycles. The molecule has 1 aromatic carbocycles. The first kappa shape index (κ1) is 18.0. The molecule has 0 saturated carbocycles. The monoisotopic (exact) mass is 325 g/mol. The lowest BCUT2D eigenvalue weighted by molar-refractivity contribution is -0.120. The lowest BCUT2D eigenvalue weighted by Gasteiger charge is -2.28. The summed E-state index contributed by atoms with van der Waals surface area (Å²) in [6.45, 7) is 1.40. The predicted molar refractivity (Wildman–Crippen MR) is 85.8 cm³/mol. The summed E-state index contributed by atoms with van der Waals surface area (Å²) >= 11 is 0. The number of aliphatic hydroxyl groups excluding tert-OH is 1. The molecule has 1 aliphatic heterocycles. The lowest BCUT2D eigenvalue weighted by atomic mass is 10.0. The molecule has 0 unspecified atom stereocenters. The van der Waals surface area contributed by atoms with Gasteiger partial charge in [0.05, 0.1) is 12.1 Å². The third-order valence-electron chi connectivity index (χ3n) is 4.65. The second-order valence-corrected chi connectivity index (χ2v) is 6.15. The fourth-order valence-electron chi connectivity index (χ4n) is 3.29. The van der Waals surface area contributed by atoms with Gasteiger partial charge in [-0.05, 0) is 24.9 Å². The Labute approximate surface area is 136 Å². The first-order valence-electron chi connectivity index (χ1n) is 8.28. The van der Waals surface area contributed by atoms with Crippen LogP contribution in [0.4, 0.5) is 8.78 Å². The van der Waals surface area contributed by atoms with Gasteiger partial charge in [0.25, 0.3) is 0 Å². The summed E-state index contributed by atoms with van der Waals surface area (Å²) in [5, 5.41) is 9.93. The molecule has 23 heavy (non-hydrogen) atoms. The van der Waals surface area contributed by atoms with Crippen LogP contribution >= 0.6 is 0 Å². The zero-order valence-corrected chi connectivity index (χ0v) is 13.5. The Kier molecular flexibility index (Phi) is 6.66. The smallest absolute Gasteiger partial charge is 0.143 e. The van der Waals surface area contributed by atoms with Crippen molar-refractivity contribution in [3.05, 3.63) is 35.9 Å². The minimum Gasteiger partial charge on any atom is -0.388 e. The Bertz CT molecular complexity index is 497. The molecule has 1 fully saturated rings. The maximum Gasteiger partial charge on any atom is 0.143 e. The van der Waals surface area contributed by atoms with Gasteiger partial charge in [-0.3, -0.25) is 9.69 Å². The zero-order valence-electron chi connectivity index (χ0n) is 13.5. The number of Topliss-reactive ketones (excluding diaryl/α,β-unsaturated/α-hetero) is 1. The third kappa shape index (κ3) is 4.36. The number of alkyl halides is 2. The number of nitrogens with zero attached hydrogens (tertiary/aromatic N) is 1. The van der Waals surface area contributed by atoms with Crippen molar-refractivity contribution in [2.24, 2.45) is 0 Å². The first-order chi connectivity index (χ1) is 11.1. The molecule has 5 heteroatoms. The highest BCUT2D eigenvalue weighted by atomic mass is 19.1. The van der Waals surface area contributed by atoms with E-state index in [1.54, 1.807) is 11.8 Å². The van der Waals surface area contributed by atoms with Crippen molar-refractivity contribution in [2.75, 3.05) is 13.2 Å². The predicted octanol–water partition coefficient (Wildman–Crippen LogP) is 2.71. The normalized spacial score (nSPS) is 28.2. The number of hydrogen-bond acceptors (Lipinski definition) is 3. The molecule has 0 amide bonds. The largest absolute Gasteiger partial charge is 0.388 e. The van der Waals surface area contributed by atoms with Crippen LogP contribution in [-0.4, -0.2) is 53.4 Å². The van der Waals surface area contributed by atoms with Gasteiger partial charge >= 0.3 is 0 Å². The standard InChI is InChI=1S/C18H25F2NO2/c1-2-14(22)11-15-17(20)18(23)16(12-19)21(15)10-6-9-13-7-4-3-5-8-13/h3-5,7-8,15-18,23H,2,6,9-12H2,1H3/t15-,16-,17-,18-/m1/s1. The number of carbonyl (C=O) groups excluding carboxylic acids is 1. The van der Waals surface area contributed by atoms with Gasteiger partial charge in [-0.25, -0.2) is 8.78 Å². The molecule has 0 spiro atoms. The summed E-state index contributed by atoms with van der Waals surface area (Å²) in [4.78, 5) is 13.3. The van der Waals surface area contributed by atoms with E-state index >= 15 is 0 Å². The molecule has 0 radical (unpaired) electrons. The number of aryl methyl sites for hydroxylation is 1. The second kappa shape index (κ2) is 8.50. The van der Waals surface area contributed by atoms with Crippen molar-refractivity contribution >= 4 is 5.78 Å². The topological polar surface area (TPSA) is 40.5 Å². The van der Waals surface area contributed by atoms with Crippen LogP contribution in [0, 0.1) is 0 Å². The van der Waals surface area contributed by atoms with Crippen molar-refractivity contribution < 1.29 is 18.7 Å². The van der Waals surface area contributed by atoms with Crippen LogP contribution in [0.1, 0.15) is 31.7 Å². The first-order valence-corrected chi connectivity index (χ1v) is 8.28. The number of benzene rings is 1. The van der Waals surface area contributed by atoms with Gasteiger partial charge in [0.2, 0.25) is 0 Å². The minimum absolute atomic E-state index is 0.0383. The van der Waals surface area contributed by atoms with E-state index in [0.29, 0.717) is 13.0 Å². The van der Waals surface area contributed by atoms with Crippen molar-refractivity contribution in [1.29, 1.82) is 0 Å². The fraction of sp³-hybridized carbons (Fsp3) is 0.611. The van der Waals surface area contributed by atoms with E-state index in [4.69, 9.17) is 0 Å². The van der Waals surface area contributed by atoms with Gasteiger partial charge in [0.1, 0.15) is 24.7 Å². The summed E-state index contributed by atoms with van der Waals surface area (Å²) in [5.41, 5.74) is 1.17. The van der Waals surface area contributed by atoms with E-state index in [9.17, 15) is 18.7 Å². The molecular weight excluding hydrogens is 300 g/mol. The second-order valence-electron chi connectivity index (χ2n) is 6.15. The number of likely N-dealkylation sites (tertiary alicyclic amines) is 1. The number of halogens is 2. The minimum atomic E-state index is -1.57. The molecule has 3 nitrogen and oxygen atoms in total. The van der Waals surface area contributed by atoms with E-state index in [0.717, 1.165) is 12.8 Å². The Morgan fingerprint density at radius 1 is 1.26 bits per heavy atom. The lowest BCUT2D eigenvalue weighted by Crippen LogP contribution is -2.42. The quantitative estimate of drug-likeness (QED) is 0.799. The number of rotatable bonds is 8. The Balaban J connectivity index is 2.00. The van der Waals surface area contributed by atoms with Crippen molar-refractivity contribution in [3.63, 3.8) is 0 Å². The molecule has 0 aliphatic carbocycles. The number of aliphatic hydroxyl groups is 1. The third-order valence-corrected chi connectivity index (χ3v) is 4.65. The van der Waals surface area contributed by atoms with E-state index in [-0.39, 0.29) is 12.2 Å². The molecule has 1 aliphatic rings. The number of carbonyl (C=O) groups is 1. The van der Waals surface area contributed by atoms with Gasteiger partial charge < -0.3 is 5.11 Å². The summed E-state index contributed by atoms with van der Waals surface area (Å²) in [6.07, 6.45) is -1.02. The average Bonchev–Trinajstić information content (AvgIpc) is 2.80. The molecule has 128 valence electrons. The molecular formula is C18H25F2NO2. The van der Waals surface area contributed by atoms with E-state index in [2.05, 4.69) is 0 Å². The highest BCUT2D eigenvalue weighted by molar-refractivity contribution is 5.78. The summed E-state index contributed by atoms with van der Waals surface area (Å²) in [6, 6.07) is 8.33. The molecule has 2 rings (SSSR count). The van der Waals surface area contributed by atoms with Gasteiger partial charge in [0.15, 0.2) is 0 Å². The van der Waals surface area contributed by atoms with Crippen LogP contribution in [0.15, 0.2) is 30.3 Å². The fourth-order valence-corrected chi connectivity index (χ4v) is 3.29. The number of ketones is 1. The van der Waals surface area contributed by atoms with Crippen molar-refractivity contribution in [3.8, 4) is 0 Å². The molecule has 1 N–H and O–H groups in total. The van der Waals surface area contributed by atoms with Crippen LogP contribution in [0.2, 0.25) is 0 Å². The molecule has 1 saturated heterocycles. The van der Waals surface area contributed by atoms with Crippen molar-refractivity contribution in [1.82, 2.24) is 4.90 Å². The Hall–Kier alpha value is -1.33. The maximum atomic E-state index is 14.3. The summed E-state index contributed by atoms with van der Waals surface area (Å²) < 4.78 is 27.6. The summed E-state index contributed by atoms with van der Waals surface area (Å²) in [7, 11) is 0. The SMILES string of the molecule is CCC(=O)C[C@@H]1[C@@H](F)[C@H](O)[C@@H](CF)N1CCCc1ccccc1. The van der Waals surface area contributed by atoms with Crippen LogP contribution in [-0.2, 0) is 11.2 Å². The highest BCUT2D eigenvalue weighted by Crippen LogP contribution is 2.31. The van der Waals surface area contributed by atoms with Crippen molar-refractivity contribution in [2.45, 2.75) is 57.0 Å². The van der Waals surface area contributed by atoms with Crippen LogP contribution in [0.25, 0.3) is 0 Å². The highest BCUT2D eigenvalue weighted by Gasteiger charge is 2.48. The average molecular weight is 325 g/mol. The van der Waals surface area contributed by atoms with E-state index < -0.39 is 31.0 Å². The van der Waals surface area contributed by atoms with Crippen LogP contribution in [0.5, 0.6) is 0 Å². The van der Waals surface area contributed by atoms with E-state index in [1.165, 1.54) is 5.56 Å². The van der Waals surface area contributed by atoms with Crippen LogP contribution < -0.4 is 0 Å². The van der Waals surface area contributed by atoms with Gasteiger partial charge in [-0.15, -0.1) is 0 Å². The van der Waals surface area contributed by atoms with Gasteiger partial charge in [-0.2, -0.15) is 0 Å². The van der Waals surface area contributed by atoms with Gasteiger partial charge in [0, 0.05) is 12.8 Å². The molecule has 0 aromatic heterocycles. The Morgan fingerprint density at radius 3 is 2.57 bits per heavy atom. The Morgan fingerprint density at radius 2 is 1.96 bits per heavy atom. The molecule has 4 atom stereocenters. The summed E-state index contributed by atoms with van der Waals surface area (Å²) in [5.74, 6) is -0.0579. The molecule has 0 bridgehead atoms. The maximum absolute atomic E-state index is 14.3. The number of hydrogen-bond donors (Lipinski definition) is 1. The van der Waals surface area contributed by atoms with Crippen LogP contribution in [0.3, 0.4) is 0 Å². The zero-order chi connectivity index (χ0) is 16.8. The van der Waals surface area contributed by atoms with Gasteiger partial charge in [-0.1, -0.05) is 37.3 Å².